The lowest BCUT2D eigenvalue weighted by Gasteiger charge is -2.20. The van der Waals surface area contributed by atoms with Crippen molar-refractivity contribution in [1.29, 1.82) is 0 Å². The van der Waals surface area contributed by atoms with Gasteiger partial charge >= 0.3 is 0 Å². The molecule has 0 aromatic heterocycles. The summed E-state index contributed by atoms with van der Waals surface area (Å²) in [5.41, 5.74) is 2.49. The van der Waals surface area contributed by atoms with E-state index in [9.17, 15) is 0 Å². The summed E-state index contributed by atoms with van der Waals surface area (Å²) in [5, 5.41) is 3.97. The molecule has 0 saturated carbocycles. The molecular weight excluding hydrogens is 210 g/mol. The molecule has 2 rings (SSSR count). The largest absolute Gasteiger partial charge is 0.493 e. The van der Waals surface area contributed by atoms with Crippen molar-refractivity contribution in [3.63, 3.8) is 0 Å². The molecule has 1 aromatic carbocycles. The van der Waals surface area contributed by atoms with Crippen LogP contribution in [0.25, 0.3) is 0 Å². The molecule has 0 saturated heterocycles. The predicted molar refractivity (Wildman–Crippen MR) is 62.9 cm³/mol. The van der Waals surface area contributed by atoms with Gasteiger partial charge < -0.3 is 10.1 Å². The first-order valence-corrected chi connectivity index (χ1v) is 5.78. The second-order valence-electron chi connectivity index (χ2n) is 3.86. The Kier molecular flexibility index (Phi) is 3.49. The van der Waals surface area contributed by atoms with Gasteiger partial charge in [-0.2, -0.15) is 0 Å². The number of nitrogens with one attached hydrogen (secondary N) is 1. The molecule has 2 nitrogen and oxygen atoms in total. The van der Waals surface area contributed by atoms with Crippen molar-refractivity contribution < 1.29 is 4.74 Å². The van der Waals surface area contributed by atoms with Crippen molar-refractivity contribution >= 4 is 11.6 Å². The van der Waals surface area contributed by atoms with Crippen molar-refractivity contribution in [2.75, 3.05) is 20.2 Å². The number of fused-ring (bicyclic) bond motifs is 1. The van der Waals surface area contributed by atoms with Gasteiger partial charge in [-0.3, -0.25) is 0 Å². The van der Waals surface area contributed by atoms with Crippen LogP contribution in [-0.2, 0) is 12.8 Å². The summed E-state index contributed by atoms with van der Waals surface area (Å²) in [4.78, 5) is 0. The number of halogens is 1. The Hall–Kier alpha value is -0.730. The van der Waals surface area contributed by atoms with E-state index >= 15 is 0 Å². The molecule has 1 aliphatic rings. The number of hydrogen-bond acceptors (Lipinski definition) is 2. The number of rotatable bonds is 3. The van der Waals surface area contributed by atoms with E-state index in [-0.39, 0.29) is 0 Å². The smallest absolute Gasteiger partial charge is 0.125 e. The molecule has 0 fully saturated rings. The number of hydrogen-bond donors (Lipinski definition) is 1. The van der Waals surface area contributed by atoms with Crippen LogP contribution in [-0.4, -0.2) is 20.2 Å². The Bertz CT molecular complexity index is 352. The third-order valence-electron chi connectivity index (χ3n) is 2.69. The molecule has 1 aliphatic heterocycles. The molecule has 0 spiro atoms. The Morgan fingerprint density at radius 1 is 1.47 bits per heavy atom. The molecular formula is C12H16ClNO. The molecule has 0 atom stereocenters. The van der Waals surface area contributed by atoms with Gasteiger partial charge in [-0.1, -0.05) is 11.6 Å². The normalized spacial score (nSPS) is 14.5. The van der Waals surface area contributed by atoms with Gasteiger partial charge in [-0.25, -0.2) is 0 Å². The van der Waals surface area contributed by atoms with Crippen LogP contribution in [0.3, 0.4) is 0 Å². The monoisotopic (exact) mass is 225 g/mol. The maximum absolute atomic E-state index is 6.08. The zero-order valence-electron chi connectivity index (χ0n) is 8.98. The van der Waals surface area contributed by atoms with E-state index < -0.39 is 0 Å². The zero-order chi connectivity index (χ0) is 10.7. The number of likely N-dealkylation sites (N-methyl/N-ethyl adjacent to an activating group) is 1. The van der Waals surface area contributed by atoms with E-state index in [0.717, 1.165) is 43.2 Å². The SMILES string of the molecule is CNCCc1cc(Cl)cc2c1OCCC2. The average Bonchev–Trinajstić information content (AvgIpc) is 2.25. The summed E-state index contributed by atoms with van der Waals surface area (Å²) in [6.45, 7) is 1.79. The maximum Gasteiger partial charge on any atom is 0.125 e. The highest BCUT2D eigenvalue weighted by atomic mass is 35.5. The first kappa shape index (κ1) is 10.8. The first-order valence-electron chi connectivity index (χ1n) is 5.40. The van der Waals surface area contributed by atoms with Crippen molar-refractivity contribution in [2.24, 2.45) is 0 Å². The fraction of sp³-hybridized carbons (Fsp3) is 0.500. The minimum atomic E-state index is 0.824. The summed E-state index contributed by atoms with van der Waals surface area (Å²) in [6, 6.07) is 4.04. The van der Waals surface area contributed by atoms with E-state index in [2.05, 4.69) is 5.32 Å². The molecule has 1 heterocycles. The van der Waals surface area contributed by atoms with Crippen LogP contribution >= 0.6 is 11.6 Å². The minimum absolute atomic E-state index is 0.824. The summed E-state index contributed by atoms with van der Waals surface area (Å²) in [6.07, 6.45) is 3.15. The van der Waals surface area contributed by atoms with Crippen LogP contribution in [0.1, 0.15) is 17.5 Å². The topological polar surface area (TPSA) is 21.3 Å². The van der Waals surface area contributed by atoms with Crippen molar-refractivity contribution in [2.45, 2.75) is 19.3 Å². The quantitative estimate of drug-likeness (QED) is 0.853. The number of ether oxygens (including phenoxy) is 1. The highest BCUT2D eigenvalue weighted by molar-refractivity contribution is 6.30. The van der Waals surface area contributed by atoms with Crippen molar-refractivity contribution in [3.8, 4) is 5.75 Å². The Morgan fingerprint density at radius 3 is 3.13 bits per heavy atom. The van der Waals surface area contributed by atoms with Gasteiger partial charge in [0.2, 0.25) is 0 Å². The lowest BCUT2D eigenvalue weighted by Crippen LogP contribution is -2.14. The third-order valence-corrected chi connectivity index (χ3v) is 2.91. The highest BCUT2D eigenvalue weighted by Gasteiger charge is 2.15. The molecule has 0 unspecified atom stereocenters. The molecule has 0 bridgehead atoms. The fourth-order valence-electron chi connectivity index (χ4n) is 1.97. The van der Waals surface area contributed by atoms with E-state index in [1.807, 2.05) is 19.2 Å². The van der Waals surface area contributed by atoms with Gasteiger partial charge in [0.1, 0.15) is 5.75 Å². The number of benzene rings is 1. The predicted octanol–water partition coefficient (Wildman–Crippen LogP) is 2.43. The van der Waals surface area contributed by atoms with Gasteiger partial charge in [-0.15, -0.1) is 0 Å². The summed E-state index contributed by atoms with van der Waals surface area (Å²) in [7, 11) is 1.96. The zero-order valence-corrected chi connectivity index (χ0v) is 9.73. The lowest BCUT2D eigenvalue weighted by atomic mass is 10.0. The second-order valence-corrected chi connectivity index (χ2v) is 4.30. The van der Waals surface area contributed by atoms with E-state index in [1.165, 1.54) is 11.1 Å². The molecule has 3 heteroatoms. The molecule has 1 N–H and O–H groups in total. The van der Waals surface area contributed by atoms with Gasteiger partial charge in [0.05, 0.1) is 6.61 Å². The van der Waals surface area contributed by atoms with Crippen LogP contribution in [0.15, 0.2) is 12.1 Å². The average molecular weight is 226 g/mol. The molecule has 0 aliphatic carbocycles. The van der Waals surface area contributed by atoms with Crippen LogP contribution in [0, 0.1) is 0 Å². The molecule has 82 valence electrons. The van der Waals surface area contributed by atoms with Crippen LogP contribution in [0.4, 0.5) is 0 Å². The summed E-state index contributed by atoms with van der Waals surface area (Å²) >= 11 is 6.08. The first-order chi connectivity index (χ1) is 7.31. The van der Waals surface area contributed by atoms with Gasteiger partial charge in [-0.05, 0) is 56.1 Å². The summed E-state index contributed by atoms with van der Waals surface area (Å²) in [5.74, 6) is 1.07. The maximum atomic E-state index is 6.08. The molecule has 15 heavy (non-hydrogen) atoms. The molecule has 0 radical (unpaired) electrons. The fourth-order valence-corrected chi connectivity index (χ4v) is 2.23. The highest BCUT2D eigenvalue weighted by Crippen LogP contribution is 2.32. The standard InChI is InChI=1S/C12H16ClNO/c1-14-5-4-10-8-11(13)7-9-3-2-6-15-12(9)10/h7-8,14H,2-6H2,1H3. The van der Waals surface area contributed by atoms with Crippen LogP contribution < -0.4 is 10.1 Å². The third kappa shape index (κ3) is 2.44. The number of aryl methyl sites for hydroxylation is 1. The molecule has 0 amide bonds. The minimum Gasteiger partial charge on any atom is -0.493 e. The van der Waals surface area contributed by atoms with Crippen molar-refractivity contribution in [1.82, 2.24) is 5.32 Å². The van der Waals surface area contributed by atoms with Crippen LogP contribution in [0.2, 0.25) is 5.02 Å². The van der Waals surface area contributed by atoms with E-state index in [0.29, 0.717) is 0 Å². The Morgan fingerprint density at radius 2 is 2.33 bits per heavy atom. The van der Waals surface area contributed by atoms with Crippen LogP contribution in [0.5, 0.6) is 5.75 Å². The van der Waals surface area contributed by atoms with Gasteiger partial charge in [0.15, 0.2) is 0 Å². The van der Waals surface area contributed by atoms with Gasteiger partial charge in [0, 0.05) is 5.02 Å². The second kappa shape index (κ2) is 4.86. The Balaban J connectivity index is 2.30. The van der Waals surface area contributed by atoms with Crippen molar-refractivity contribution in [3.05, 3.63) is 28.3 Å². The summed E-state index contributed by atoms with van der Waals surface area (Å²) < 4.78 is 5.72. The molecule has 1 aromatic rings. The van der Waals surface area contributed by atoms with E-state index in [1.54, 1.807) is 0 Å². The van der Waals surface area contributed by atoms with E-state index in [4.69, 9.17) is 16.3 Å². The lowest BCUT2D eigenvalue weighted by molar-refractivity contribution is 0.285. The van der Waals surface area contributed by atoms with Gasteiger partial charge in [0.25, 0.3) is 0 Å². The Labute approximate surface area is 95.6 Å².